The number of nitrogens with zero attached hydrogens (tertiary/aromatic N) is 2. The third kappa shape index (κ3) is 2.62. The van der Waals surface area contributed by atoms with Crippen molar-refractivity contribution < 1.29 is 5.11 Å². The molecule has 0 aliphatic heterocycles. The third-order valence-corrected chi connectivity index (χ3v) is 3.76. The van der Waals surface area contributed by atoms with Crippen LogP contribution < -0.4 is 0 Å². The first-order valence-electron chi connectivity index (χ1n) is 7.63. The lowest BCUT2D eigenvalue weighted by Gasteiger charge is -2.09. The van der Waals surface area contributed by atoms with Crippen molar-refractivity contribution in [2.45, 2.75) is 26.8 Å². The van der Waals surface area contributed by atoms with Crippen LogP contribution >= 0.6 is 0 Å². The van der Waals surface area contributed by atoms with Crippen molar-refractivity contribution in [3.8, 4) is 28.3 Å². The minimum atomic E-state index is 0.0928. The second-order valence-electron chi connectivity index (χ2n) is 5.50. The first kappa shape index (κ1) is 14.4. The lowest BCUT2D eigenvalue weighted by atomic mass is 10.0. The van der Waals surface area contributed by atoms with E-state index in [1.165, 1.54) is 5.56 Å². The zero-order valence-corrected chi connectivity index (χ0v) is 13.0. The molecule has 0 spiro atoms. The Bertz CT molecular complexity index is 758. The van der Waals surface area contributed by atoms with Crippen molar-refractivity contribution >= 4 is 0 Å². The largest absolute Gasteiger partial charge is 0.492 e. The molecule has 0 aliphatic rings. The minimum absolute atomic E-state index is 0.0928. The van der Waals surface area contributed by atoms with Crippen LogP contribution in [0, 0.1) is 6.92 Å². The van der Waals surface area contributed by atoms with E-state index in [9.17, 15) is 5.11 Å². The summed E-state index contributed by atoms with van der Waals surface area (Å²) in [7, 11) is 0. The fourth-order valence-corrected chi connectivity index (χ4v) is 2.70. The van der Waals surface area contributed by atoms with Gasteiger partial charge in [-0.3, -0.25) is 4.68 Å². The molecule has 2 aromatic carbocycles. The van der Waals surface area contributed by atoms with Gasteiger partial charge in [0, 0.05) is 12.1 Å². The molecule has 1 N–H and O–H groups in total. The highest BCUT2D eigenvalue weighted by molar-refractivity contribution is 5.84. The predicted molar refractivity (Wildman–Crippen MR) is 89.8 cm³/mol. The van der Waals surface area contributed by atoms with E-state index in [0.717, 1.165) is 35.3 Å². The van der Waals surface area contributed by atoms with Gasteiger partial charge in [0.2, 0.25) is 5.88 Å². The van der Waals surface area contributed by atoms with Crippen LogP contribution in [0.4, 0.5) is 0 Å². The van der Waals surface area contributed by atoms with Crippen LogP contribution in [0.15, 0.2) is 54.6 Å². The number of benzene rings is 2. The molecule has 0 unspecified atom stereocenters. The molecule has 1 heterocycles. The molecule has 0 bridgehead atoms. The second-order valence-corrected chi connectivity index (χ2v) is 5.50. The molecule has 3 aromatic rings. The quantitative estimate of drug-likeness (QED) is 0.760. The zero-order valence-electron chi connectivity index (χ0n) is 13.0. The van der Waals surface area contributed by atoms with Gasteiger partial charge in [0.25, 0.3) is 0 Å². The van der Waals surface area contributed by atoms with Crippen LogP contribution in [0.2, 0.25) is 0 Å². The Labute approximate surface area is 130 Å². The summed E-state index contributed by atoms with van der Waals surface area (Å²) in [5, 5.41) is 14.7. The Morgan fingerprint density at radius 3 is 2.27 bits per heavy atom. The number of aryl methyl sites for hydroxylation is 2. The van der Waals surface area contributed by atoms with Crippen LogP contribution in [0.3, 0.4) is 0 Å². The lowest BCUT2D eigenvalue weighted by molar-refractivity contribution is 0.438. The fourth-order valence-electron chi connectivity index (χ4n) is 2.70. The average molecular weight is 292 g/mol. The Balaban J connectivity index is 2.23. The molecule has 0 saturated carbocycles. The van der Waals surface area contributed by atoms with Crippen molar-refractivity contribution in [3.63, 3.8) is 0 Å². The van der Waals surface area contributed by atoms with E-state index in [1.54, 1.807) is 0 Å². The van der Waals surface area contributed by atoms with E-state index >= 15 is 0 Å². The van der Waals surface area contributed by atoms with E-state index < -0.39 is 0 Å². The molecule has 112 valence electrons. The zero-order chi connectivity index (χ0) is 15.5. The molecule has 3 heteroatoms. The van der Waals surface area contributed by atoms with Crippen LogP contribution in [0.5, 0.6) is 5.88 Å². The van der Waals surface area contributed by atoms with E-state index in [1.807, 2.05) is 35.0 Å². The summed E-state index contributed by atoms with van der Waals surface area (Å²) in [5.74, 6) is 0.0928. The summed E-state index contributed by atoms with van der Waals surface area (Å²) in [6.07, 6.45) is 0.966. The average Bonchev–Trinajstić information content (AvgIpc) is 2.86. The second kappa shape index (κ2) is 6.06. The summed E-state index contributed by atoms with van der Waals surface area (Å²) in [6, 6.07) is 18.3. The van der Waals surface area contributed by atoms with Gasteiger partial charge < -0.3 is 5.11 Å². The maximum Gasteiger partial charge on any atom is 0.238 e. The summed E-state index contributed by atoms with van der Waals surface area (Å²) in [4.78, 5) is 0. The molecule has 3 rings (SSSR count). The Kier molecular flexibility index (Phi) is 3.96. The Hall–Kier alpha value is -2.55. The highest BCUT2D eigenvalue weighted by Gasteiger charge is 2.19. The van der Waals surface area contributed by atoms with Crippen LogP contribution in [-0.2, 0) is 6.54 Å². The molecule has 0 radical (unpaired) electrons. The molecule has 22 heavy (non-hydrogen) atoms. The SMILES string of the molecule is CCCn1nc(O)c(-c2ccccc2)c1-c1ccc(C)cc1. The Morgan fingerprint density at radius 1 is 0.955 bits per heavy atom. The van der Waals surface area contributed by atoms with Crippen molar-refractivity contribution in [2.75, 3.05) is 0 Å². The van der Waals surface area contributed by atoms with Gasteiger partial charge in [0.15, 0.2) is 0 Å². The summed E-state index contributed by atoms with van der Waals surface area (Å²) >= 11 is 0. The Morgan fingerprint density at radius 2 is 1.64 bits per heavy atom. The van der Waals surface area contributed by atoms with Gasteiger partial charge in [-0.2, -0.15) is 0 Å². The number of hydrogen-bond donors (Lipinski definition) is 1. The third-order valence-electron chi connectivity index (χ3n) is 3.76. The summed E-state index contributed by atoms with van der Waals surface area (Å²) in [6.45, 7) is 4.96. The van der Waals surface area contributed by atoms with E-state index in [2.05, 4.69) is 43.2 Å². The predicted octanol–water partition coefficient (Wildman–Crippen LogP) is 4.64. The van der Waals surface area contributed by atoms with Crippen LogP contribution in [0.1, 0.15) is 18.9 Å². The molecule has 1 aromatic heterocycles. The van der Waals surface area contributed by atoms with Crippen molar-refractivity contribution in [2.24, 2.45) is 0 Å². The molecule has 0 atom stereocenters. The molecule has 0 amide bonds. The number of aromatic nitrogens is 2. The molecular formula is C19H20N2O. The molecule has 0 aliphatic carbocycles. The normalized spacial score (nSPS) is 10.8. The lowest BCUT2D eigenvalue weighted by Crippen LogP contribution is -2.01. The molecular weight excluding hydrogens is 272 g/mol. The molecule has 0 saturated heterocycles. The number of rotatable bonds is 4. The number of hydrogen-bond acceptors (Lipinski definition) is 2. The summed E-state index contributed by atoms with van der Waals surface area (Å²) < 4.78 is 1.91. The standard InChI is InChI=1S/C19H20N2O/c1-3-13-21-18(16-11-9-14(2)10-12-16)17(19(22)20-21)15-7-5-4-6-8-15/h4-12H,3,13H2,1-2H3,(H,20,22). The minimum Gasteiger partial charge on any atom is -0.492 e. The van der Waals surface area contributed by atoms with E-state index in [0.29, 0.717) is 0 Å². The highest BCUT2D eigenvalue weighted by Crippen LogP contribution is 2.38. The first-order valence-corrected chi connectivity index (χ1v) is 7.63. The number of aromatic hydroxyl groups is 1. The molecule has 3 nitrogen and oxygen atoms in total. The van der Waals surface area contributed by atoms with Gasteiger partial charge in [-0.1, -0.05) is 67.1 Å². The van der Waals surface area contributed by atoms with Crippen molar-refractivity contribution in [1.82, 2.24) is 9.78 Å². The highest BCUT2D eigenvalue weighted by atomic mass is 16.3. The van der Waals surface area contributed by atoms with Crippen LogP contribution in [-0.4, -0.2) is 14.9 Å². The van der Waals surface area contributed by atoms with Gasteiger partial charge in [-0.05, 0) is 18.9 Å². The van der Waals surface area contributed by atoms with Gasteiger partial charge in [-0.15, -0.1) is 5.10 Å². The van der Waals surface area contributed by atoms with E-state index in [4.69, 9.17) is 0 Å². The van der Waals surface area contributed by atoms with E-state index in [-0.39, 0.29) is 5.88 Å². The monoisotopic (exact) mass is 292 g/mol. The topological polar surface area (TPSA) is 38.0 Å². The maximum atomic E-state index is 10.4. The van der Waals surface area contributed by atoms with Gasteiger partial charge >= 0.3 is 0 Å². The van der Waals surface area contributed by atoms with Crippen molar-refractivity contribution in [3.05, 3.63) is 60.2 Å². The van der Waals surface area contributed by atoms with Crippen LogP contribution in [0.25, 0.3) is 22.4 Å². The van der Waals surface area contributed by atoms with Gasteiger partial charge in [0.05, 0.1) is 11.3 Å². The summed E-state index contributed by atoms with van der Waals surface area (Å²) in [5.41, 5.74) is 5.06. The van der Waals surface area contributed by atoms with Gasteiger partial charge in [0.1, 0.15) is 0 Å². The maximum absolute atomic E-state index is 10.4. The smallest absolute Gasteiger partial charge is 0.238 e. The van der Waals surface area contributed by atoms with Crippen molar-refractivity contribution in [1.29, 1.82) is 0 Å². The molecule has 0 fully saturated rings. The fraction of sp³-hybridized carbons (Fsp3) is 0.211. The van der Waals surface area contributed by atoms with Gasteiger partial charge in [-0.25, -0.2) is 0 Å². The first-order chi connectivity index (χ1) is 10.7.